The fourth-order valence-electron chi connectivity index (χ4n) is 1.52. The zero-order valence-corrected chi connectivity index (χ0v) is 12.1. The highest BCUT2D eigenvalue weighted by molar-refractivity contribution is 7.12. The molecule has 0 atom stereocenters. The van der Waals surface area contributed by atoms with Crippen LogP contribution >= 0.6 is 11.3 Å². The zero-order chi connectivity index (χ0) is 15.1. The van der Waals surface area contributed by atoms with E-state index in [1.165, 1.54) is 17.4 Å². The van der Waals surface area contributed by atoms with Crippen LogP contribution in [-0.4, -0.2) is 18.9 Å². The standard InChI is InChI=1S/C15H14N2O3S/c1-20-12-7-4-11(5-8-12)6-9-14(18)16-17-15(19)13-3-2-10-21-13/h2-10H,1H3,(H,16,18)(H,17,19)/b9-6+. The van der Waals surface area contributed by atoms with Gasteiger partial charge >= 0.3 is 0 Å². The SMILES string of the molecule is COc1ccc(/C=C/C(=O)NNC(=O)c2cccs2)cc1. The Kier molecular flexibility index (Phi) is 5.11. The highest BCUT2D eigenvalue weighted by Gasteiger charge is 2.06. The second-order valence-corrected chi connectivity index (χ2v) is 4.97. The normalized spacial score (nSPS) is 10.3. The number of nitrogens with one attached hydrogen (secondary N) is 2. The van der Waals surface area contributed by atoms with Gasteiger partial charge in [0.1, 0.15) is 5.75 Å². The molecule has 0 aliphatic carbocycles. The number of thiophene rings is 1. The number of carbonyl (C=O) groups is 2. The predicted molar refractivity (Wildman–Crippen MR) is 82.0 cm³/mol. The largest absolute Gasteiger partial charge is 0.497 e. The van der Waals surface area contributed by atoms with Gasteiger partial charge in [0.2, 0.25) is 0 Å². The van der Waals surface area contributed by atoms with Crippen molar-refractivity contribution in [2.75, 3.05) is 7.11 Å². The molecule has 0 aliphatic heterocycles. The van der Waals surface area contributed by atoms with Gasteiger partial charge in [0, 0.05) is 6.08 Å². The predicted octanol–water partition coefficient (Wildman–Crippen LogP) is 2.23. The third kappa shape index (κ3) is 4.47. The van der Waals surface area contributed by atoms with Gasteiger partial charge in [-0.15, -0.1) is 11.3 Å². The molecule has 6 heteroatoms. The van der Waals surface area contributed by atoms with Gasteiger partial charge < -0.3 is 4.74 Å². The van der Waals surface area contributed by atoms with E-state index in [2.05, 4.69) is 10.9 Å². The first kappa shape index (κ1) is 14.8. The molecule has 0 fully saturated rings. The van der Waals surface area contributed by atoms with Crippen LogP contribution in [0.1, 0.15) is 15.2 Å². The van der Waals surface area contributed by atoms with Crippen molar-refractivity contribution < 1.29 is 14.3 Å². The maximum absolute atomic E-state index is 11.6. The van der Waals surface area contributed by atoms with Crippen molar-refractivity contribution in [3.63, 3.8) is 0 Å². The third-order valence-corrected chi connectivity index (χ3v) is 3.46. The van der Waals surface area contributed by atoms with Crippen molar-refractivity contribution in [3.8, 4) is 5.75 Å². The Morgan fingerprint density at radius 1 is 1.14 bits per heavy atom. The van der Waals surface area contributed by atoms with Crippen molar-refractivity contribution in [1.82, 2.24) is 10.9 Å². The number of carbonyl (C=O) groups excluding carboxylic acids is 2. The van der Waals surface area contributed by atoms with Gasteiger partial charge in [-0.3, -0.25) is 20.4 Å². The van der Waals surface area contributed by atoms with E-state index in [1.54, 1.807) is 42.8 Å². The Balaban J connectivity index is 1.83. The Hall–Kier alpha value is -2.60. The zero-order valence-electron chi connectivity index (χ0n) is 11.3. The Morgan fingerprint density at radius 3 is 2.52 bits per heavy atom. The Labute approximate surface area is 126 Å². The van der Waals surface area contributed by atoms with Gasteiger partial charge in [0.25, 0.3) is 11.8 Å². The van der Waals surface area contributed by atoms with Crippen molar-refractivity contribution in [3.05, 3.63) is 58.3 Å². The summed E-state index contributed by atoms with van der Waals surface area (Å²) in [4.78, 5) is 23.7. The lowest BCUT2D eigenvalue weighted by atomic mass is 10.2. The summed E-state index contributed by atoms with van der Waals surface area (Å²) in [6.45, 7) is 0. The quantitative estimate of drug-likeness (QED) is 0.672. The van der Waals surface area contributed by atoms with Crippen LogP contribution in [0.15, 0.2) is 47.9 Å². The number of hydrogen-bond acceptors (Lipinski definition) is 4. The first-order chi connectivity index (χ1) is 10.2. The lowest BCUT2D eigenvalue weighted by Crippen LogP contribution is -2.40. The smallest absolute Gasteiger partial charge is 0.279 e. The molecule has 0 aliphatic rings. The summed E-state index contributed by atoms with van der Waals surface area (Å²) in [5.74, 6) is 0.00624. The first-order valence-electron chi connectivity index (χ1n) is 6.15. The number of hydrazine groups is 1. The van der Waals surface area contributed by atoms with E-state index >= 15 is 0 Å². The van der Waals surface area contributed by atoms with E-state index in [9.17, 15) is 9.59 Å². The molecule has 0 saturated heterocycles. The van der Waals surface area contributed by atoms with Crippen LogP contribution in [0.4, 0.5) is 0 Å². The summed E-state index contributed by atoms with van der Waals surface area (Å²) in [5, 5.41) is 1.79. The molecule has 1 aromatic carbocycles. The number of methoxy groups -OCH3 is 1. The average Bonchev–Trinajstić information content (AvgIpc) is 3.05. The molecule has 2 N–H and O–H groups in total. The summed E-state index contributed by atoms with van der Waals surface area (Å²) in [5.41, 5.74) is 5.52. The second kappa shape index (κ2) is 7.25. The molecular formula is C15H14N2O3S. The van der Waals surface area contributed by atoms with E-state index in [0.717, 1.165) is 11.3 Å². The highest BCUT2D eigenvalue weighted by atomic mass is 32.1. The van der Waals surface area contributed by atoms with Gasteiger partial charge in [0.15, 0.2) is 0 Å². The van der Waals surface area contributed by atoms with Crippen LogP contribution in [-0.2, 0) is 4.79 Å². The fraction of sp³-hybridized carbons (Fsp3) is 0.0667. The van der Waals surface area contributed by atoms with Crippen LogP contribution in [0.2, 0.25) is 0 Å². The Bertz CT molecular complexity index is 633. The molecule has 5 nitrogen and oxygen atoms in total. The van der Waals surface area contributed by atoms with E-state index in [0.29, 0.717) is 4.88 Å². The van der Waals surface area contributed by atoms with E-state index in [1.807, 2.05) is 12.1 Å². The van der Waals surface area contributed by atoms with Crippen molar-refractivity contribution >= 4 is 29.2 Å². The van der Waals surface area contributed by atoms with Crippen molar-refractivity contribution in [2.45, 2.75) is 0 Å². The number of rotatable bonds is 4. The molecule has 2 amide bonds. The molecule has 0 bridgehead atoms. The number of amides is 2. The van der Waals surface area contributed by atoms with Crippen molar-refractivity contribution in [1.29, 1.82) is 0 Å². The topological polar surface area (TPSA) is 67.4 Å². The first-order valence-corrected chi connectivity index (χ1v) is 7.03. The van der Waals surface area contributed by atoms with Crippen LogP contribution in [0.5, 0.6) is 5.75 Å². The van der Waals surface area contributed by atoms with Gasteiger partial charge in [-0.2, -0.15) is 0 Å². The maximum Gasteiger partial charge on any atom is 0.279 e. The summed E-state index contributed by atoms with van der Waals surface area (Å²) >= 11 is 1.30. The molecule has 0 unspecified atom stereocenters. The summed E-state index contributed by atoms with van der Waals surface area (Å²) in [6.07, 6.45) is 2.99. The molecule has 2 aromatic rings. The minimum absolute atomic E-state index is 0.337. The summed E-state index contributed by atoms with van der Waals surface area (Å²) in [7, 11) is 1.59. The molecule has 0 spiro atoms. The number of hydrogen-bond donors (Lipinski definition) is 2. The van der Waals surface area contributed by atoms with Crippen LogP contribution in [0.25, 0.3) is 6.08 Å². The lowest BCUT2D eigenvalue weighted by molar-refractivity contribution is -0.117. The lowest BCUT2D eigenvalue weighted by Gasteiger charge is -2.03. The molecule has 0 radical (unpaired) electrons. The maximum atomic E-state index is 11.6. The van der Waals surface area contributed by atoms with Gasteiger partial charge in [0.05, 0.1) is 12.0 Å². The minimum atomic E-state index is -0.407. The molecule has 0 saturated carbocycles. The average molecular weight is 302 g/mol. The molecule has 108 valence electrons. The van der Waals surface area contributed by atoms with Crippen LogP contribution in [0, 0.1) is 0 Å². The molecule has 2 rings (SSSR count). The van der Waals surface area contributed by atoms with Gasteiger partial charge in [-0.25, -0.2) is 0 Å². The molecule has 21 heavy (non-hydrogen) atoms. The molecular weight excluding hydrogens is 288 g/mol. The molecule has 1 aromatic heterocycles. The second-order valence-electron chi connectivity index (χ2n) is 4.03. The monoisotopic (exact) mass is 302 g/mol. The third-order valence-electron chi connectivity index (χ3n) is 2.59. The Morgan fingerprint density at radius 2 is 1.90 bits per heavy atom. The highest BCUT2D eigenvalue weighted by Crippen LogP contribution is 2.12. The van der Waals surface area contributed by atoms with Crippen LogP contribution < -0.4 is 15.6 Å². The summed E-state index contributed by atoms with van der Waals surface area (Å²) < 4.78 is 5.05. The minimum Gasteiger partial charge on any atom is -0.497 e. The van der Waals surface area contributed by atoms with E-state index in [4.69, 9.17) is 4.74 Å². The van der Waals surface area contributed by atoms with Crippen molar-refractivity contribution in [2.24, 2.45) is 0 Å². The van der Waals surface area contributed by atoms with Gasteiger partial charge in [-0.1, -0.05) is 18.2 Å². The summed E-state index contributed by atoms with van der Waals surface area (Å²) in [6, 6.07) is 10.7. The van der Waals surface area contributed by atoms with E-state index < -0.39 is 5.91 Å². The van der Waals surface area contributed by atoms with Crippen LogP contribution in [0.3, 0.4) is 0 Å². The number of ether oxygens (including phenoxy) is 1. The van der Waals surface area contributed by atoms with Gasteiger partial charge in [-0.05, 0) is 35.2 Å². The number of benzene rings is 1. The van der Waals surface area contributed by atoms with E-state index in [-0.39, 0.29) is 5.91 Å². The molecule has 1 heterocycles. The fourth-order valence-corrected chi connectivity index (χ4v) is 2.14.